The van der Waals surface area contributed by atoms with Crippen molar-refractivity contribution >= 4 is 25.2 Å². The molecule has 6 nitrogen and oxygen atoms in total. The van der Waals surface area contributed by atoms with Gasteiger partial charge < -0.3 is 28.1 Å². The van der Waals surface area contributed by atoms with Crippen LogP contribution in [0.1, 0.15) is 55.4 Å². The van der Waals surface area contributed by atoms with Crippen molar-refractivity contribution in [1.29, 1.82) is 0 Å². The Morgan fingerprint density at radius 1 is 0.529 bits per heavy atom. The Hall–Kier alpha value is -1.99. The molecule has 2 saturated heterocycles. The first kappa shape index (κ1) is 25.1. The molecule has 34 heavy (non-hydrogen) atoms. The highest BCUT2D eigenvalue weighted by Gasteiger charge is 2.53. The van der Waals surface area contributed by atoms with Crippen LogP contribution in [0.3, 0.4) is 0 Å². The van der Waals surface area contributed by atoms with E-state index in [1.54, 1.807) is 14.2 Å². The van der Waals surface area contributed by atoms with Gasteiger partial charge in [-0.1, -0.05) is 24.3 Å². The molecule has 182 valence electrons. The van der Waals surface area contributed by atoms with E-state index in [2.05, 4.69) is 0 Å². The van der Waals surface area contributed by atoms with Crippen LogP contribution in [0.15, 0.2) is 36.4 Å². The molecule has 2 fully saturated rings. The second kappa shape index (κ2) is 8.30. The van der Waals surface area contributed by atoms with E-state index in [0.717, 1.165) is 22.1 Å². The third kappa shape index (κ3) is 4.15. The molecule has 0 atom stereocenters. The molecule has 2 aliphatic heterocycles. The van der Waals surface area contributed by atoms with Gasteiger partial charge in [-0.2, -0.15) is 0 Å². The zero-order valence-electron chi connectivity index (χ0n) is 22.1. The van der Waals surface area contributed by atoms with Crippen molar-refractivity contribution in [3.63, 3.8) is 0 Å². The largest absolute Gasteiger partial charge is 0.498 e. The molecule has 0 spiro atoms. The molecule has 0 amide bonds. The topological polar surface area (TPSA) is 55.4 Å². The molecule has 0 aliphatic carbocycles. The van der Waals surface area contributed by atoms with Crippen molar-refractivity contribution in [3.05, 3.63) is 36.4 Å². The van der Waals surface area contributed by atoms with Crippen LogP contribution < -0.4 is 20.4 Å². The molecule has 0 N–H and O–H groups in total. The quantitative estimate of drug-likeness (QED) is 0.622. The summed E-state index contributed by atoms with van der Waals surface area (Å²) in [6.45, 7) is 16.3. The highest BCUT2D eigenvalue weighted by atomic mass is 16.7. The maximum Gasteiger partial charge on any atom is 0.498 e. The van der Waals surface area contributed by atoms with Crippen molar-refractivity contribution in [2.24, 2.45) is 0 Å². The van der Waals surface area contributed by atoms with E-state index < -0.39 is 36.6 Å². The number of ether oxygens (including phenoxy) is 2. The van der Waals surface area contributed by atoms with Crippen molar-refractivity contribution in [2.45, 2.75) is 77.8 Å². The van der Waals surface area contributed by atoms with Gasteiger partial charge in [0.05, 0.1) is 36.6 Å². The Morgan fingerprint density at radius 2 is 0.824 bits per heavy atom. The van der Waals surface area contributed by atoms with Gasteiger partial charge in [0.1, 0.15) is 11.5 Å². The van der Waals surface area contributed by atoms with Crippen molar-refractivity contribution in [1.82, 2.24) is 0 Å². The van der Waals surface area contributed by atoms with Gasteiger partial charge in [0.15, 0.2) is 0 Å². The third-order valence-corrected chi connectivity index (χ3v) is 7.81. The van der Waals surface area contributed by atoms with Crippen LogP contribution in [-0.4, -0.2) is 50.9 Å². The van der Waals surface area contributed by atoms with Gasteiger partial charge >= 0.3 is 14.2 Å². The molecular weight excluding hydrogens is 430 g/mol. The van der Waals surface area contributed by atoms with Gasteiger partial charge in [-0.15, -0.1) is 0 Å². The Morgan fingerprint density at radius 3 is 1.09 bits per heavy atom. The Kier molecular flexibility index (Phi) is 6.13. The zero-order valence-corrected chi connectivity index (χ0v) is 22.1. The predicted molar refractivity (Wildman–Crippen MR) is 136 cm³/mol. The lowest BCUT2D eigenvalue weighted by Crippen LogP contribution is -2.41. The summed E-state index contributed by atoms with van der Waals surface area (Å²) in [5, 5.41) is 0. The molecule has 2 aliphatic rings. The molecule has 0 bridgehead atoms. The number of benzene rings is 2. The average molecular weight is 466 g/mol. The smallest absolute Gasteiger partial charge is 0.497 e. The van der Waals surface area contributed by atoms with Gasteiger partial charge in [-0.3, -0.25) is 0 Å². The summed E-state index contributed by atoms with van der Waals surface area (Å²) in [5.74, 6) is 1.43. The summed E-state index contributed by atoms with van der Waals surface area (Å²) >= 11 is 0. The first-order chi connectivity index (χ1) is 15.7. The fraction of sp³-hybridized carbons (Fsp3) is 0.538. The highest BCUT2D eigenvalue weighted by molar-refractivity contribution is 6.63. The molecule has 4 rings (SSSR count). The van der Waals surface area contributed by atoms with Gasteiger partial charge in [-0.25, -0.2) is 0 Å². The monoisotopic (exact) mass is 466 g/mol. The van der Waals surface area contributed by atoms with Gasteiger partial charge in [0.2, 0.25) is 0 Å². The summed E-state index contributed by atoms with van der Waals surface area (Å²) in [6.07, 6.45) is 0. The number of hydrogen-bond acceptors (Lipinski definition) is 6. The molecule has 0 saturated carbocycles. The van der Waals surface area contributed by atoms with Gasteiger partial charge in [-0.05, 0) is 78.6 Å². The molecular formula is C26H36B2O6. The van der Waals surface area contributed by atoms with E-state index in [1.165, 1.54) is 0 Å². The van der Waals surface area contributed by atoms with Crippen LogP contribution in [0.2, 0.25) is 0 Å². The van der Waals surface area contributed by atoms with E-state index in [1.807, 2.05) is 91.8 Å². The standard InChI is InChI=1S/C26H36B2O6/c1-23(2)24(3,4)32-27(31-23)19-13-11-17(15-21(19)29-9)18-12-14-20(22(16-18)30-10)28-33-25(5,6)26(7,8)34-28/h11-16H,1-10H3. The third-order valence-electron chi connectivity index (χ3n) is 7.81. The maximum atomic E-state index is 6.23. The minimum absolute atomic E-state index is 0.419. The SMILES string of the molecule is COc1cc(-c2ccc(B3OC(C)(C)C(C)(C)O3)c(OC)c2)ccc1B1OC(C)(C)C(C)(C)O1. The van der Waals surface area contributed by atoms with Crippen molar-refractivity contribution in [3.8, 4) is 22.6 Å². The van der Waals surface area contributed by atoms with Crippen LogP contribution in [0.4, 0.5) is 0 Å². The highest BCUT2D eigenvalue weighted by Crippen LogP contribution is 2.39. The molecule has 0 radical (unpaired) electrons. The van der Waals surface area contributed by atoms with E-state index in [9.17, 15) is 0 Å². The summed E-state index contributed by atoms with van der Waals surface area (Å²) in [6, 6.07) is 12.1. The first-order valence-electron chi connectivity index (χ1n) is 11.8. The predicted octanol–water partition coefficient (Wildman–Crippen LogP) is 3.97. The normalized spacial score (nSPS) is 22.2. The van der Waals surface area contributed by atoms with Crippen LogP contribution >= 0.6 is 0 Å². The van der Waals surface area contributed by atoms with E-state index >= 15 is 0 Å². The fourth-order valence-corrected chi connectivity index (χ4v) is 4.11. The molecule has 8 heteroatoms. The molecule has 2 heterocycles. The minimum atomic E-state index is -0.491. The Balaban J connectivity index is 1.64. The fourth-order valence-electron chi connectivity index (χ4n) is 4.11. The average Bonchev–Trinajstić information content (AvgIpc) is 3.12. The summed E-state index contributed by atoms with van der Waals surface area (Å²) in [5.41, 5.74) is 2.05. The zero-order chi connectivity index (χ0) is 25.1. The number of hydrogen-bond donors (Lipinski definition) is 0. The second-order valence-electron chi connectivity index (χ2n) is 11.1. The summed E-state index contributed by atoms with van der Waals surface area (Å²) in [4.78, 5) is 0. The molecule has 2 aromatic carbocycles. The lowest BCUT2D eigenvalue weighted by atomic mass is 9.76. The lowest BCUT2D eigenvalue weighted by molar-refractivity contribution is 0.00578. The van der Waals surface area contributed by atoms with Gasteiger partial charge in [0.25, 0.3) is 0 Å². The molecule has 0 unspecified atom stereocenters. The van der Waals surface area contributed by atoms with E-state index in [-0.39, 0.29) is 0 Å². The maximum absolute atomic E-state index is 6.23. The minimum Gasteiger partial charge on any atom is -0.497 e. The van der Waals surface area contributed by atoms with Crippen molar-refractivity contribution < 1.29 is 28.1 Å². The van der Waals surface area contributed by atoms with Gasteiger partial charge in [0, 0.05) is 10.9 Å². The molecule has 2 aromatic rings. The summed E-state index contributed by atoms with van der Waals surface area (Å²) in [7, 11) is 2.34. The van der Waals surface area contributed by atoms with Crippen LogP contribution in [0, 0.1) is 0 Å². The van der Waals surface area contributed by atoms with Crippen molar-refractivity contribution in [2.75, 3.05) is 14.2 Å². The lowest BCUT2D eigenvalue weighted by Gasteiger charge is -2.32. The van der Waals surface area contributed by atoms with E-state index in [4.69, 9.17) is 28.1 Å². The van der Waals surface area contributed by atoms with Crippen LogP contribution in [0.25, 0.3) is 11.1 Å². The Labute approximate surface area is 204 Å². The number of methoxy groups -OCH3 is 2. The summed E-state index contributed by atoms with van der Waals surface area (Å²) < 4.78 is 36.4. The van der Waals surface area contributed by atoms with Crippen LogP contribution in [-0.2, 0) is 18.6 Å². The van der Waals surface area contributed by atoms with E-state index in [0.29, 0.717) is 11.5 Å². The number of rotatable bonds is 5. The second-order valence-corrected chi connectivity index (χ2v) is 11.1. The molecule has 0 aromatic heterocycles. The first-order valence-corrected chi connectivity index (χ1v) is 11.8. The van der Waals surface area contributed by atoms with Crippen LogP contribution in [0.5, 0.6) is 11.5 Å². The Bertz CT molecular complexity index is 961.